The van der Waals surface area contributed by atoms with Crippen molar-refractivity contribution in [1.82, 2.24) is 14.9 Å². The predicted octanol–water partition coefficient (Wildman–Crippen LogP) is 4.58. The van der Waals surface area contributed by atoms with Crippen molar-refractivity contribution in [3.8, 4) is 0 Å². The fourth-order valence-electron chi connectivity index (χ4n) is 3.77. The minimum absolute atomic E-state index is 0.151. The lowest BCUT2D eigenvalue weighted by Gasteiger charge is -2.35. The van der Waals surface area contributed by atoms with Crippen LogP contribution in [0, 0.1) is 6.08 Å². The zero-order valence-corrected chi connectivity index (χ0v) is 14.5. The Kier molecular flexibility index (Phi) is 4.21. The van der Waals surface area contributed by atoms with Gasteiger partial charge in [0.05, 0.1) is 22.3 Å². The summed E-state index contributed by atoms with van der Waals surface area (Å²) >= 11 is 5.70. The van der Waals surface area contributed by atoms with E-state index in [1.54, 1.807) is 4.90 Å². The van der Waals surface area contributed by atoms with Crippen molar-refractivity contribution in [2.24, 2.45) is 0 Å². The lowest BCUT2D eigenvalue weighted by atomic mass is 10.00. The van der Waals surface area contributed by atoms with Crippen LogP contribution in [0.1, 0.15) is 35.7 Å². The molecule has 0 aliphatic carbocycles. The number of urea groups is 1. The average Bonchev–Trinajstić information content (AvgIpc) is 2.89. The summed E-state index contributed by atoms with van der Waals surface area (Å²) in [7, 11) is 0. The Labute approximate surface area is 156 Å². The second kappa shape index (κ2) is 6.33. The molecule has 4 rings (SSSR count). The predicted molar refractivity (Wildman–Crippen MR) is 88.8 cm³/mol. The Balaban J connectivity index is 1.56. The van der Waals surface area contributed by atoms with Gasteiger partial charge >= 0.3 is 18.3 Å². The average molecular weight is 401 g/mol. The molecule has 5 nitrogen and oxygen atoms in total. The number of hydrogen-bond donors (Lipinski definition) is 1. The molecule has 2 unspecified atom stereocenters. The molecule has 10 heteroatoms. The summed E-state index contributed by atoms with van der Waals surface area (Å²) in [6, 6.07) is 2.17. The van der Waals surface area contributed by atoms with Gasteiger partial charge in [-0.15, -0.1) is 0 Å². The molecule has 2 aliphatic rings. The van der Waals surface area contributed by atoms with Crippen molar-refractivity contribution in [3.05, 3.63) is 52.3 Å². The van der Waals surface area contributed by atoms with Crippen LogP contribution in [0.15, 0.2) is 24.4 Å². The molecule has 1 N–H and O–H groups in total. The molecule has 3 heterocycles. The van der Waals surface area contributed by atoms with Crippen molar-refractivity contribution in [3.63, 3.8) is 0 Å². The van der Waals surface area contributed by atoms with Crippen molar-refractivity contribution < 1.29 is 22.4 Å². The first-order valence-corrected chi connectivity index (χ1v) is 8.59. The van der Waals surface area contributed by atoms with Crippen molar-refractivity contribution in [1.29, 1.82) is 0 Å². The highest BCUT2D eigenvalue weighted by Gasteiger charge is 2.43. The molecule has 2 aliphatic heterocycles. The molecular weight excluding hydrogens is 388 g/mol. The van der Waals surface area contributed by atoms with E-state index < -0.39 is 28.9 Å². The highest BCUT2D eigenvalue weighted by Crippen LogP contribution is 2.43. The Bertz CT molecular complexity index is 920. The SMILES string of the molecule is O=C(Nc1ccc(C(F)(F)F)c(Cl)c1)N1C2CCC1c1cnc(F)nc1C2. The number of amides is 2. The summed E-state index contributed by atoms with van der Waals surface area (Å²) in [6.45, 7) is 0. The van der Waals surface area contributed by atoms with Gasteiger partial charge in [0, 0.05) is 29.9 Å². The molecule has 0 spiro atoms. The van der Waals surface area contributed by atoms with E-state index >= 15 is 0 Å². The number of carbonyl (C=O) groups excluding carboxylic acids is 1. The number of fused-ring (bicyclic) bond motifs is 4. The van der Waals surface area contributed by atoms with Gasteiger partial charge < -0.3 is 10.2 Å². The van der Waals surface area contributed by atoms with Crippen LogP contribution in [-0.4, -0.2) is 26.9 Å². The van der Waals surface area contributed by atoms with Gasteiger partial charge in [-0.05, 0) is 31.0 Å². The topological polar surface area (TPSA) is 58.1 Å². The smallest absolute Gasteiger partial charge is 0.314 e. The van der Waals surface area contributed by atoms with Crippen LogP contribution in [0.5, 0.6) is 0 Å². The zero-order valence-electron chi connectivity index (χ0n) is 13.7. The monoisotopic (exact) mass is 400 g/mol. The number of hydrogen-bond acceptors (Lipinski definition) is 3. The van der Waals surface area contributed by atoms with E-state index in [9.17, 15) is 22.4 Å². The van der Waals surface area contributed by atoms with E-state index in [1.165, 1.54) is 6.20 Å². The van der Waals surface area contributed by atoms with Gasteiger partial charge in [-0.25, -0.2) is 14.8 Å². The first-order chi connectivity index (χ1) is 12.7. The van der Waals surface area contributed by atoms with Gasteiger partial charge in [-0.2, -0.15) is 17.6 Å². The summed E-state index contributed by atoms with van der Waals surface area (Å²) in [5, 5.41) is 2.10. The number of nitrogens with zero attached hydrogens (tertiary/aromatic N) is 3. The first-order valence-electron chi connectivity index (χ1n) is 8.21. The molecule has 0 saturated carbocycles. The van der Waals surface area contributed by atoms with Gasteiger partial charge in [0.2, 0.25) is 0 Å². The molecule has 1 aromatic heterocycles. The summed E-state index contributed by atoms with van der Waals surface area (Å²) < 4.78 is 51.6. The summed E-state index contributed by atoms with van der Waals surface area (Å²) in [6.07, 6.45) is -2.15. The van der Waals surface area contributed by atoms with Crippen LogP contribution >= 0.6 is 11.6 Å². The van der Waals surface area contributed by atoms with E-state index in [2.05, 4.69) is 15.3 Å². The normalized spacial score (nSPS) is 21.1. The van der Waals surface area contributed by atoms with Crippen LogP contribution in [-0.2, 0) is 12.6 Å². The van der Waals surface area contributed by atoms with Gasteiger partial charge in [-0.1, -0.05) is 11.6 Å². The summed E-state index contributed by atoms with van der Waals surface area (Å²) in [4.78, 5) is 21.7. The highest BCUT2D eigenvalue weighted by molar-refractivity contribution is 6.31. The van der Waals surface area contributed by atoms with Gasteiger partial charge in [0.15, 0.2) is 0 Å². The maximum Gasteiger partial charge on any atom is 0.417 e. The number of rotatable bonds is 1. The molecule has 1 fully saturated rings. The largest absolute Gasteiger partial charge is 0.417 e. The van der Waals surface area contributed by atoms with Crippen LogP contribution in [0.2, 0.25) is 5.02 Å². The van der Waals surface area contributed by atoms with Crippen LogP contribution in [0.3, 0.4) is 0 Å². The number of aromatic nitrogens is 2. The van der Waals surface area contributed by atoms with Crippen LogP contribution in [0.4, 0.5) is 28.0 Å². The molecular formula is C17H13ClF4N4O. The van der Waals surface area contributed by atoms with Gasteiger partial charge in [0.1, 0.15) is 0 Å². The Morgan fingerprint density at radius 3 is 2.78 bits per heavy atom. The molecule has 142 valence electrons. The van der Waals surface area contributed by atoms with E-state index in [0.717, 1.165) is 24.6 Å². The highest BCUT2D eigenvalue weighted by atomic mass is 35.5. The number of carbonyl (C=O) groups is 1. The fraction of sp³-hybridized carbons (Fsp3) is 0.353. The van der Waals surface area contributed by atoms with Crippen LogP contribution in [0.25, 0.3) is 0 Å². The van der Waals surface area contributed by atoms with Gasteiger partial charge in [-0.3, -0.25) is 0 Å². The second-order valence-electron chi connectivity index (χ2n) is 6.52. The Morgan fingerprint density at radius 1 is 1.30 bits per heavy atom. The number of nitrogens with one attached hydrogen (secondary N) is 1. The third-order valence-electron chi connectivity index (χ3n) is 4.92. The van der Waals surface area contributed by atoms with Crippen molar-refractivity contribution >= 4 is 23.3 Å². The lowest BCUT2D eigenvalue weighted by Crippen LogP contribution is -2.44. The maximum atomic E-state index is 13.3. The third kappa shape index (κ3) is 3.20. The molecule has 2 aromatic rings. The molecule has 27 heavy (non-hydrogen) atoms. The quantitative estimate of drug-likeness (QED) is 0.563. The molecule has 1 saturated heterocycles. The fourth-order valence-corrected chi connectivity index (χ4v) is 4.06. The van der Waals surface area contributed by atoms with E-state index in [4.69, 9.17) is 11.6 Å². The standard InChI is InChI=1S/C17H13ClF4N4O/c18-12-5-8(1-3-11(12)17(20,21)22)24-16(27)26-9-2-4-14(26)10-7-23-15(19)25-13(10)6-9/h1,3,5,7,9,14H,2,4,6H2,(H,24,27). The summed E-state index contributed by atoms with van der Waals surface area (Å²) in [5.74, 6) is 0. The van der Waals surface area contributed by atoms with Crippen LogP contribution < -0.4 is 5.32 Å². The Hall–Kier alpha value is -2.42. The molecule has 0 radical (unpaired) electrons. The first kappa shape index (κ1) is 18.0. The number of anilines is 1. The Morgan fingerprint density at radius 2 is 2.07 bits per heavy atom. The van der Waals surface area contributed by atoms with E-state index in [1.807, 2.05) is 0 Å². The minimum Gasteiger partial charge on any atom is -0.314 e. The third-order valence-corrected chi connectivity index (χ3v) is 5.23. The van der Waals surface area contributed by atoms with Crippen molar-refractivity contribution in [2.45, 2.75) is 37.5 Å². The van der Waals surface area contributed by atoms with E-state index in [0.29, 0.717) is 24.1 Å². The number of alkyl halides is 3. The summed E-state index contributed by atoms with van der Waals surface area (Å²) in [5.41, 5.74) is 0.495. The van der Waals surface area contributed by atoms with E-state index in [-0.39, 0.29) is 17.8 Å². The second-order valence-corrected chi connectivity index (χ2v) is 6.93. The lowest BCUT2D eigenvalue weighted by molar-refractivity contribution is -0.137. The number of halogens is 5. The molecule has 2 bridgehead atoms. The molecule has 2 atom stereocenters. The molecule has 2 amide bonds. The van der Waals surface area contributed by atoms with Crippen molar-refractivity contribution in [2.75, 3.05) is 5.32 Å². The minimum atomic E-state index is -4.56. The number of benzene rings is 1. The molecule has 1 aromatic carbocycles. The zero-order chi connectivity index (χ0) is 19.3. The maximum absolute atomic E-state index is 13.3. The van der Waals surface area contributed by atoms with Gasteiger partial charge in [0.25, 0.3) is 0 Å².